The second-order valence-corrected chi connectivity index (χ2v) is 6.33. The Balaban J connectivity index is 1.81. The molecule has 1 heterocycles. The van der Waals surface area contributed by atoms with Gasteiger partial charge in [0.2, 0.25) is 0 Å². The quantitative estimate of drug-likeness (QED) is 0.432. The van der Waals surface area contributed by atoms with Crippen molar-refractivity contribution in [2.24, 2.45) is 0 Å². The molecule has 128 valence electrons. The van der Waals surface area contributed by atoms with Crippen LogP contribution in [0.1, 0.15) is 0 Å². The summed E-state index contributed by atoms with van der Waals surface area (Å²) in [4.78, 5) is 0. The lowest BCUT2D eigenvalue weighted by molar-refractivity contribution is 0.478. The molecule has 4 aromatic rings. The van der Waals surface area contributed by atoms with E-state index in [2.05, 4.69) is 10.3 Å². The monoisotopic (exact) mass is 381 g/mol. The standard InChI is InChI=1S/C20H13Cl2N3O/c21-15-8-2-1-7-14(15)18-13-23-24-25(18)17-10-4-6-12-20(17)26-19-11-5-3-9-16(19)22/h1-13H. The van der Waals surface area contributed by atoms with E-state index in [4.69, 9.17) is 27.9 Å². The lowest BCUT2D eigenvalue weighted by atomic mass is 10.1. The second-order valence-electron chi connectivity index (χ2n) is 5.51. The number of rotatable bonds is 4. The maximum absolute atomic E-state index is 6.35. The van der Waals surface area contributed by atoms with Crippen LogP contribution in [0.4, 0.5) is 0 Å². The molecule has 0 N–H and O–H groups in total. The Morgan fingerprint density at radius 3 is 2.15 bits per heavy atom. The molecular formula is C20H13Cl2N3O. The van der Waals surface area contributed by atoms with Crippen LogP contribution in [-0.2, 0) is 0 Å². The number of halogens is 2. The van der Waals surface area contributed by atoms with E-state index in [-0.39, 0.29) is 0 Å². The maximum Gasteiger partial charge on any atom is 0.153 e. The van der Waals surface area contributed by atoms with Crippen molar-refractivity contribution >= 4 is 23.2 Å². The van der Waals surface area contributed by atoms with Crippen molar-refractivity contribution in [1.82, 2.24) is 15.0 Å². The highest BCUT2D eigenvalue weighted by atomic mass is 35.5. The van der Waals surface area contributed by atoms with Gasteiger partial charge in [0, 0.05) is 5.56 Å². The minimum atomic E-state index is 0.534. The van der Waals surface area contributed by atoms with Crippen LogP contribution < -0.4 is 4.74 Å². The fourth-order valence-electron chi connectivity index (χ4n) is 2.63. The van der Waals surface area contributed by atoms with Crippen LogP contribution in [0.25, 0.3) is 16.9 Å². The molecule has 0 aliphatic heterocycles. The molecule has 4 nitrogen and oxygen atoms in total. The van der Waals surface area contributed by atoms with Gasteiger partial charge in [0.25, 0.3) is 0 Å². The molecule has 0 fully saturated rings. The molecule has 0 unspecified atom stereocenters. The molecule has 0 amide bonds. The molecular weight excluding hydrogens is 369 g/mol. The summed E-state index contributed by atoms with van der Waals surface area (Å²) < 4.78 is 7.73. The van der Waals surface area contributed by atoms with Crippen LogP contribution in [0.2, 0.25) is 10.0 Å². The number of aromatic nitrogens is 3. The van der Waals surface area contributed by atoms with E-state index in [1.54, 1.807) is 16.9 Å². The molecule has 0 saturated heterocycles. The first-order chi connectivity index (χ1) is 12.7. The van der Waals surface area contributed by atoms with Crippen LogP contribution in [0.15, 0.2) is 79.0 Å². The second kappa shape index (κ2) is 7.20. The largest absolute Gasteiger partial charge is 0.454 e. The van der Waals surface area contributed by atoms with Crippen molar-refractivity contribution in [1.29, 1.82) is 0 Å². The number of hydrogen-bond acceptors (Lipinski definition) is 3. The van der Waals surface area contributed by atoms with Crippen molar-refractivity contribution in [2.75, 3.05) is 0 Å². The Hall–Kier alpha value is -2.82. The Bertz CT molecular complexity index is 1060. The first kappa shape index (κ1) is 16.6. The summed E-state index contributed by atoms with van der Waals surface area (Å²) in [6, 6.07) is 22.4. The summed E-state index contributed by atoms with van der Waals surface area (Å²) in [5.74, 6) is 1.18. The molecule has 0 aliphatic rings. The fraction of sp³-hybridized carbons (Fsp3) is 0. The number of hydrogen-bond donors (Lipinski definition) is 0. The summed E-state index contributed by atoms with van der Waals surface area (Å²) >= 11 is 12.6. The molecule has 0 saturated carbocycles. The minimum Gasteiger partial charge on any atom is -0.454 e. The smallest absolute Gasteiger partial charge is 0.153 e. The van der Waals surface area contributed by atoms with E-state index in [0.29, 0.717) is 21.5 Å². The molecule has 4 rings (SSSR count). The summed E-state index contributed by atoms with van der Waals surface area (Å²) in [5, 5.41) is 9.44. The van der Waals surface area contributed by atoms with Crippen LogP contribution in [0.5, 0.6) is 11.5 Å². The molecule has 26 heavy (non-hydrogen) atoms. The number of benzene rings is 3. The molecule has 1 aromatic heterocycles. The third kappa shape index (κ3) is 3.17. The zero-order valence-corrected chi connectivity index (χ0v) is 15.0. The summed E-state index contributed by atoms with van der Waals surface area (Å²) in [7, 11) is 0. The Labute approximate surface area is 160 Å². The fourth-order valence-corrected chi connectivity index (χ4v) is 3.04. The Morgan fingerprint density at radius 2 is 1.38 bits per heavy atom. The molecule has 0 bridgehead atoms. The van der Waals surface area contributed by atoms with Gasteiger partial charge in [0.15, 0.2) is 5.75 Å². The molecule has 0 radical (unpaired) electrons. The molecule has 0 atom stereocenters. The average molecular weight is 382 g/mol. The zero-order chi connectivity index (χ0) is 17.9. The number of nitrogens with zero attached hydrogens (tertiary/aromatic N) is 3. The van der Waals surface area contributed by atoms with Crippen molar-refractivity contribution in [3.63, 3.8) is 0 Å². The van der Waals surface area contributed by atoms with Gasteiger partial charge in [-0.1, -0.05) is 70.9 Å². The highest BCUT2D eigenvalue weighted by molar-refractivity contribution is 6.33. The highest BCUT2D eigenvalue weighted by Gasteiger charge is 2.15. The summed E-state index contributed by atoms with van der Waals surface area (Å²) in [6.45, 7) is 0. The van der Waals surface area contributed by atoms with Crippen LogP contribution in [0, 0.1) is 0 Å². The van der Waals surface area contributed by atoms with Crippen molar-refractivity contribution in [3.05, 3.63) is 89.0 Å². The third-order valence-corrected chi connectivity index (χ3v) is 4.49. The van der Waals surface area contributed by atoms with Gasteiger partial charge < -0.3 is 4.74 Å². The first-order valence-corrected chi connectivity index (χ1v) is 8.67. The van der Waals surface area contributed by atoms with Crippen molar-refractivity contribution < 1.29 is 4.74 Å². The van der Waals surface area contributed by atoms with Crippen LogP contribution >= 0.6 is 23.2 Å². The summed E-state index contributed by atoms with van der Waals surface area (Å²) in [5.41, 5.74) is 2.34. The van der Waals surface area contributed by atoms with Crippen molar-refractivity contribution in [3.8, 4) is 28.4 Å². The molecule has 3 aromatic carbocycles. The first-order valence-electron chi connectivity index (χ1n) is 7.91. The topological polar surface area (TPSA) is 39.9 Å². The van der Waals surface area contributed by atoms with Gasteiger partial charge in [-0.15, -0.1) is 5.10 Å². The normalized spacial score (nSPS) is 10.7. The van der Waals surface area contributed by atoms with Gasteiger partial charge in [0.1, 0.15) is 11.4 Å². The van der Waals surface area contributed by atoms with Gasteiger partial charge in [-0.3, -0.25) is 0 Å². The van der Waals surface area contributed by atoms with E-state index in [0.717, 1.165) is 16.9 Å². The van der Waals surface area contributed by atoms with Gasteiger partial charge in [-0.05, 0) is 30.3 Å². The lowest BCUT2D eigenvalue weighted by Crippen LogP contribution is -2.02. The Morgan fingerprint density at radius 1 is 0.731 bits per heavy atom. The van der Waals surface area contributed by atoms with Crippen molar-refractivity contribution in [2.45, 2.75) is 0 Å². The van der Waals surface area contributed by atoms with E-state index in [9.17, 15) is 0 Å². The van der Waals surface area contributed by atoms with Gasteiger partial charge in [-0.25, -0.2) is 4.68 Å². The predicted octanol–water partition coefficient (Wildman–Crippen LogP) is 6.03. The van der Waals surface area contributed by atoms with Crippen LogP contribution in [-0.4, -0.2) is 15.0 Å². The SMILES string of the molecule is Clc1ccccc1Oc1ccccc1-n1nncc1-c1ccccc1Cl. The molecule has 6 heteroatoms. The highest BCUT2D eigenvalue weighted by Crippen LogP contribution is 2.35. The number of para-hydroxylation sites is 3. The third-order valence-electron chi connectivity index (χ3n) is 3.85. The number of ether oxygens (including phenoxy) is 1. The van der Waals surface area contributed by atoms with Crippen LogP contribution in [0.3, 0.4) is 0 Å². The van der Waals surface area contributed by atoms with E-state index < -0.39 is 0 Å². The Kier molecular flexibility index (Phi) is 4.61. The maximum atomic E-state index is 6.35. The van der Waals surface area contributed by atoms with Gasteiger partial charge >= 0.3 is 0 Å². The zero-order valence-electron chi connectivity index (χ0n) is 13.5. The van der Waals surface area contributed by atoms with Gasteiger partial charge in [0.05, 0.1) is 21.9 Å². The predicted molar refractivity (Wildman–Crippen MR) is 103 cm³/mol. The molecule has 0 aliphatic carbocycles. The minimum absolute atomic E-state index is 0.534. The summed E-state index contributed by atoms with van der Waals surface area (Å²) in [6.07, 6.45) is 1.67. The average Bonchev–Trinajstić information content (AvgIpc) is 3.14. The van der Waals surface area contributed by atoms with E-state index >= 15 is 0 Å². The van der Waals surface area contributed by atoms with E-state index in [1.807, 2.05) is 66.7 Å². The van der Waals surface area contributed by atoms with E-state index in [1.165, 1.54) is 0 Å². The van der Waals surface area contributed by atoms with Gasteiger partial charge in [-0.2, -0.15) is 0 Å². The molecule has 0 spiro atoms. The lowest BCUT2D eigenvalue weighted by Gasteiger charge is -2.14.